The Balaban J connectivity index is -0.0000000230. The molecular weight excluding hydrogens is 191 g/mol. The standard InChI is InChI=1S/4C2H4.H3O4P/c4*1-2;1-5(2,3)4/h4*1-2H2;(H3,1,2,3,4). The van der Waals surface area contributed by atoms with E-state index in [1.165, 1.54) is 0 Å². The van der Waals surface area contributed by atoms with Crippen molar-refractivity contribution in [2.75, 3.05) is 0 Å². The van der Waals surface area contributed by atoms with Crippen molar-refractivity contribution in [2.24, 2.45) is 0 Å². The van der Waals surface area contributed by atoms with Gasteiger partial charge < -0.3 is 14.7 Å². The average Bonchev–Trinajstić information content (AvgIpc) is 2.14. The van der Waals surface area contributed by atoms with E-state index in [4.69, 9.17) is 19.2 Å². The molecule has 80 valence electrons. The van der Waals surface area contributed by atoms with Crippen LogP contribution in [0.25, 0.3) is 0 Å². The molecule has 0 aromatic carbocycles. The molecule has 0 rings (SSSR count). The zero-order chi connectivity index (χ0) is 12.5. The van der Waals surface area contributed by atoms with Gasteiger partial charge in [-0.25, -0.2) is 4.57 Å². The maximum absolute atomic E-state index is 8.88. The molecule has 5 heteroatoms. The lowest BCUT2D eigenvalue weighted by atomic mass is 11.3. The predicted octanol–water partition coefficient (Wildman–Crippen LogP) is 2.28. The maximum Gasteiger partial charge on any atom is 0.466 e. The quantitative estimate of drug-likeness (QED) is 0.423. The SMILES string of the molecule is C=C.C=C.C=C.C=C.O=P(O)(O)O. The van der Waals surface area contributed by atoms with E-state index >= 15 is 0 Å². The van der Waals surface area contributed by atoms with Gasteiger partial charge in [-0.05, 0) is 0 Å². The molecule has 0 aromatic heterocycles. The number of hydrogen-bond acceptors (Lipinski definition) is 1. The summed E-state index contributed by atoms with van der Waals surface area (Å²) in [7, 11) is -4.64. The lowest BCUT2D eigenvalue weighted by molar-refractivity contribution is 0.275. The van der Waals surface area contributed by atoms with Crippen molar-refractivity contribution in [1.82, 2.24) is 0 Å². The Labute approximate surface area is 80.5 Å². The van der Waals surface area contributed by atoms with Crippen molar-refractivity contribution < 1.29 is 19.2 Å². The second-order valence-electron chi connectivity index (χ2n) is 0.513. The van der Waals surface area contributed by atoms with Gasteiger partial charge >= 0.3 is 7.82 Å². The van der Waals surface area contributed by atoms with Crippen LogP contribution in [0.5, 0.6) is 0 Å². The lowest BCUT2D eigenvalue weighted by Crippen LogP contribution is -1.66. The van der Waals surface area contributed by atoms with Crippen LogP contribution in [0.2, 0.25) is 0 Å². The molecule has 0 spiro atoms. The summed E-state index contributed by atoms with van der Waals surface area (Å²) in [6, 6.07) is 0. The van der Waals surface area contributed by atoms with Crippen molar-refractivity contribution in [1.29, 1.82) is 0 Å². The van der Waals surface area contributed by atoms with Crippen LogP contribution in [-0.4, -0.2) is 14.7 Å². The third-order valence-electron chi connectivity index (χ3n) is 0. The third kappa shape index (κ3) is 1050. The highest BCUT2D eigenvalue weighted by Gasteiger charge is 2.00. The highest BCUT2D eigenvalue weighted by Crippen LogP contribution is 2.25. The summed E-state index contributed by atoms with van der Waals surface area (Å²) in [5.41, 5.74) is 0. The Morgan fingerprint density at radius 1 is 0.615 bits per heavy atom. The minimum absolute atomic E-state index is 3.00. The first-order valence-electron chi connectivity index (χ1n) is 2.78. The first-order chi connectivity index (χ1) is 6.00. The fraction of sp³-hybridized carbons (Fsp3) is 0. The van der Waals surface area contributed by atoms with E-state index in [0.717, 1.165) is 0 Å². The van der Waals surface area contributed by atoms with E-state index in [2.05, 4.69) is 52.6 Å². The Morgan fingerprint density at radius 2 is 0.615 bits per heavy atom. The first kappa shape index (κ1) is 29.6. The lowest BCUT2D eigenvalue weighted by Gasteiger charge is -1.82. The molecule has 0 unspecified atom stereocenters. The van der Waals surface area contributed by atoms with Gasteiger partial charge in [-0.2, -0.15) is 0 Å². The summed E-state index contributed by atoms with van der Waals surface area (Å²) < 4.78 is 8.88. The summed E-state index contributed by atoms with van der Waals surface area (Å²) in [5.74, 6) is 0. The van der Waals surface area contributed by atoms with E-state index in [-0.39, 0.29) is 0 Å². The van der Waals surface area contributed by atoms with Gasteiger partial charge in [-0.3, -0.25) is 0 Å². The summed E-state index contributed by atoms with van der Waals surface area (Å²) in [4.78, 5) is 21.6. The Hall–Kier alpha value is -0.930. The molecule has 0 fully saturated rings. The van der Waals surface area contributed by atoms with Crippen LogP contribution in [-0.2, 0) is 4.57 Å². The van der Waals surface area contributed by atoms with E-state index in [0.29, 0.717) is 0 Å². The van der Waals surface area contributed by atoms with Crippen LogP contribution in [0, 0.1) is 0 Å². The Morgan fingerprint density at radius 3 is 0.615 bits per heavy atom. The molecular formula is C8H19O4P. The molecule has 0 radical (unpaired) electrons. The highest BCUT2D eigenvalue weighted by molar-refractivity contribution is 7.45. The van der Waals surface area contributed by atoms with E-state index in [1.807, 2.05) is 0 Å². The van der Waals surface area contributed by atoms with Crippen molar-refractivity contribution >= 4 is 7.82 Å². The predicted molar refractivity (Wildman–Crippen MR) is 59.3 cm³/mol. The minimum Gasteiger partial charge on any atom is -0.303 e. The van der Waals surface area contributed by atoms with Gasteiger partial charge in [0.25, 0.3) is 0 Å². The van der Waals surface area contributed by atoms with Crippen LogP contribution in [0.4, 0.5) is 0 Å². The fourth-order valence-corrected chi connectivity index (χ4v) is 0. The van der Waals surface area contributed by atoms with Gasteiger partial charge in [0.2, 0.25) is 0 Å². The first-order valence-corrected chi connectivity index (χ1v) is 4.35. The summed E-state index contributed by atoms with van der Waals surface area (Å²) >= 11 is 0. The van der Waals surface area contributed by atoms with Crippen LogP contribution in [0.3, 0.4) is 0 Å². The zero-order valence-electron chi connectivity index (χ0n) is 7.85. The van der Waals surface area contributed by atoms with E-state index < -0.39 is 7.82 Å². The summed E-state index contributed by atoms with van der Waals surface area (Å²) in [5, 5.41) is 0. The molecule has 0 aromatic rings. The summed E-state index contributed by atoms with van der Waals surface area (Å²) in [6.07, 6.45) is 0. The molecule has 0 saturated carbocycles. The Kier molecular flexibility index (Phi) is 99.4. The molecule has 0 heterocycles. The molecule has 3 N–H and O–H groups in total. The molecule has 0 aliphatic rings. The summed E-state index contributed by atoms with van der Waals surface area (Å²) in [6.45, 7) is 24.0. The second-order valence-corrected chi connectivity index (χ2v) is 1.54. The van der Waals surface area contributed by atoms with E-state index in [1.54, 1.807) is 0 Å². The molecule has 0 saturated heterocycles. The number of phosphoric acid groups is 1. The largest absolute Gasteiger partial charge is 0.466 e. The minimum atomic E-state index is -4.64. The van der Waals surface area contributed by atoms with Crippen molar-refractivity contribution in [3.8, 4) is 0 Å². The molecule has 0 aliphatic carbocycles. The molecule has 0 bridgehead atoms. The number of hydrogen-bond donors (Lipinski definition) is 3. The number of rotatable bonds is 0. The van der Waals surface area contributed by atoms with Gasteiger partial charge in [0, 0.05) is 0 Å². The average molecular weight is 210 g/mol. The maximum atomic E-state index is 8.88. The van der Waals surface area contributed by atoms with Gasteiger partial charge in [0.1, 0.15) is 0 Å². The zero-order valence-corrected chi connectivity index (χ0v) is 8.75. The molecule has 4 nitrogen and oxygen atoms in total. The van der Waals surface area contributed by atoms with Crippen molar-refractivity contribution in [3.63, 3.8) is 0 Å². The van der Waals surface area contributed by atoms with Crippen LogP contribution in [0.15, 0.2) is 52.6 Å². The molecule has 13 heavy (non-hydrogen) atoms. The van der Waals surface area contributed by atoms with Gasteiger partial charge in [-0.15, -0.1) is 52.6 Å². The smallest absolute Gasteiger partial charge is 0.303 e. The normalized spacial score (nSPS) is 5.77. The molecule has 0 amide bonds. The van der Waals surface area contributed by atoms with Crippen molar-refractivity contribution in [3.05, 3.63) is 52.6 Å². The molecule has 0 aliphatic heterocycles. The van der Waals surface area contributed by atoms with Gasteiger partial charge in [0.05, 0.1) is 0 Å². The third-order valence-corrected chi connectivity index (χ3v) is 0. The van der Waals surface area contributed by atoms with Crippen LogP contribution in [0.1, 0.15) is 0 Å². The Bertz CT molecular complexity index is 94.4. The van der Waals surface area contributed by atoms with E-state index in [9.17, 15) is 0 Å². The fourth-order valence-electron chi connectivity index (χ4n) is 0. The molecule has 0 atom stereocenters. The van der Waals surface area contributed by atoms with Crippen LogP contribution >= 0.6 is 7.82 Å². The topological polar surface area (TPSA) is 77.8 Å². The van der Waals surface area contributed by atoms with Gasteiger partial charge in [-0.1, -0.05) is 0 Å². The van der Waals surface area contributed by atoms with Crippen LogP contribution < -0.4 is 0 Å². The second kappa shape index (κ2) is 43.7. The van der Waals surface area contributed by atoms with Crippen molar-refractivity contribution in [2.45, 2.75) is 0 Å². The monoisotopic (exact) mass is 210 g/mol. The van der Waals surface area contributed by atoms with Gasteiger partial charge in [0.15, 0.2) is 0 Å². The highest BCUT2D eigenvalue weighted by atomic mass is 31.2.